The summed E-state index contributed by atoms with van der Waals surface area (Å²) in [5.41, 5.74) is 0.851. The quantitative estimate of drug-likeness (QED) is 0.874. The van der Waals surface area contributed by atoms with E-state index in [9.17, 15) is 4.79 Å². The molecular weight excluding hydrogens is 264 g/mol. The van der Waals surface area contributed by atoms with Crippen molar-refractivity contribution in [3.8, 4) is 23.4 Å². The molecule has 0 saturated carbocycles. The molecule has 2 rings (SSSR count). The zero-order valence-corrected chi connectivity index (χ0v) is 10.8. The van der Waals surface area contributed by atoms with E-state index in [-0.39, 0.29) is 17.8 Å². The van der Waals surface area contributed by atoms with Crippen molar-refractivity contribution in [1.29, 1.82) is 0 Å². The number of aromatic nitrogens is 3. The predicted octanol–water partition coefficient (Wildman–Crippen LogP) is 1.65. The maximum Gasteiger partial charge on any atom is 0.409 e. The van der Waals surface area contributed by atoms with E-state index in [2.05, 4.69) is 20.3 Å². The first-order chi connectivity index (χ1) is 9.63. The molecule has 8 heteroatoms. The zero-order chi connectivity index (χ0) is 14.5. The van der Waals surface area contributed by atoms with Crippen LogP contribution in [-0.4, -0.2) is 40.4 Å². The number of anilines is 1. The van der Waals surface area contributed by atoms with Crippen LogP contribution in [0.5, 0.6) is 12.0 Å². The molecule has 0 saturated heterocycles. The Kier molecular flexibility index (Phi) is 3.94. The fourth-order valence-electron chi connectivity index (χ4n) is 1.54. The minimum atomic E-state index is -1.18. The molecule has 1 amide bonds. The van der Waals surface area contributed by atoms with Crippen molar-refractivity contribution in [3.63, 3.8) is 0 Å². The van der Waals surface area contributed by atoms with Crippen molar-refractivity contribution in [1.82, 2.24) is 15.0 Å². The van der Waals surface area contributed by atoms with Gasteiger partial charge in [-0.15, -0.1) is 4.98 Å². The van der Waals surface area contributed by atoms with Gasteiger partial charge in [0.15, 0.2) is 5.82 Å². The van der Waals surface area contributed by atoms with E-state index in [1.807, 2.05) is 0 Å². The van der Waals surface area contributed by atoms with Crippen molar-refractivity contribution in [2.24, 2.45) is 0 Å². The Hall–Kier alpha value is -2.90. The van der Waals surface area contributed by atoms with Gasteiger partial charge in [0.1, 0.15) is 0 Å². The Balaban J connectivity index is 2.53. The molecule has 20 heavy (non-hydrogen) atoms. The second-order valence-electron chi connectivity index (χ2n) is 3.61. The Morgan fingerprint density at radius 1 is 1.10 bits per heavy atom. The molecule has 1 heterocycles. The number of hydrogen-bond acceptors (Lipinski definition) is 6. The van der Waals surface area contributed by atoms with Gasteiger partial charge in [0, 0.05) is 5.56 Å². The molecule has 0 atom stereocenters. The summed E-state index contributed by atoms with van der Waals surface area (Å²) in [7, 11) is 2.83. The summed E-state index contributed by atoms with van der Waals surface area (Å²) in [5.74, 6) is 0.248. The van der Waals surface area contributed by atoms with Crippen molar-refractivity contribution in [3.05, 3.63) is 24.3 Å². The van der Waals surface area contributed by atoms with Crippen LogP contribution in [0.2, 0.25) is 0 Å². The number of rotatable bonds is 4. The van der Waals surface area contributed by atoms with Gasteiger partial charge in [-0.2, -0.15) is 9.97 Å². The average molecular weight is 276 g/mol. The van der Waals surface area contributed by atoms with Gasteiger partial charge in [-0.3, -0.25) is 5.32 Å². The number of amides is 1. The van der Waals surface area contributed by atoms with Gasteiger partial charge >= 0.3 is 18.1 Å². The smallest absolute Gasteiger partial charge is 0.409 e. The number of hydrogen-bond donors (Lipinski definition) is 2. The highest BCUT2D eigenvalue weighted by atomic mass is 16.5. The van der Waals surface area contributed by atoms with Crippen molar-refractivity contribution in [2.75, 3.05) is 19.5 Å². The molecule has 2 N–H and O–H groups in total. The SMILES string of the molecule is COc1nc(OC)nc(-c2ccccc2NC(=O)O)n1. The Labute approximate surface area is 114 Å². The fourth-order valence-corrected chi connectivity index (χ4v) is 1.54. The fraction of sp³-hybridized carbons (Fsp3) is 0.167. The second kappa shape index (κ2) is 5.83. The van der Waals surface area contributed by atoms with Crippen molar-refractivity contribution in [2.45, 2.75) is 0 Å². The molecule has 0 unspecified atom stereocenters. The summed E-state index contributed by atoms with van der Waals surface area (Å²) in [5, 5.41) is 11.1. The van der Waals surface area contributed by atoms with Crippen LogP contribution in [-0.2, 0) is 0 Å². The molecule has 2 aromatic rings. The minimum Gasteiger partial charge on any atom is -0.467 e. The van der Waals surface area contributed by atoms with E-state index in [1.54, 1.807) is 24.3 Å². The number of para-hydroxylation sites is 1. The van der Waals surface area contributed by atoms with Crippen LogP contribution in [0.25, 0.3) is 11.4 Å². The number of nitrogens with one attached hydrogen (secondary N) is 1. The lowest BCUT2D eigenvalue weighted by molar-refractivity contribution is 0.210. The van der Waals surface area contributed by atoms with Crippen LogP contribution in [0.1, 0.15) is 0 Å². The summed E-state index contributed by atoms with van der Waals surface area (Å²) in [6.07, 6.45) is -1.18. The number of carboxylic acid groups (broad SMARTS) is 1. The van der Waals surface area contributed by atoms with Crippen LogP contribution < -0.4 is 14.8 Å². The third kappa shape index (κ3) is 2.91. The topological polar surface area (TPSA) is 106 Å². The van der Waals surface area contributed by atoms with Crippen LogP contribution in [0.15, 0.2) is 24.3 Å². The average Bonchev–Trinajstić information content (AvgIpc) is 2.46. The van der Waals surface area contributed by atoms with Gasteiger partial charge in [0.25, 0.3) is 0 Å². The van der Waals surface area contributed by atoms with Gasteiger partial charge in [-0.1, -0.05) is 12.1 Å². The third-order valence-electron chi connectivity index (χ3n) is 2.37. The number of methoxy groups -OCH3 is 2. The van der Waals surface area contributed by atoms with Gasteiger partial charge < -0.3 is 14.6 Å². The van der Waals surface area contributed by atoms with Crippen LogP contribution in [0.3, 0.4) is 0 Å². The number of benzene rings is 1. The number of ether oxygens (including phenoxy) is 2. The highest BCUT2D eigenvalue weighted by Crippen LogP contribution is 2.26. The van der Waals surface area contributed by atoms with E-state index >= 15 is 0 Å². The van der Waals surface area contributed by atoms with E-state index in [0.29, 0.717) is 11.3 Å². The standard InChI is InChI=1S/C12H12N4O4/c1-19-10-14-9(15-11(16-10)20-2)7-5-3-4-6-8(7)13-12(17)18/h3-6,13H,1-2H3,(H,17,18). The molecule has 0 fully saturated rings. The summed E-state index contributed by atoms with van der Waals surface area (Å²) in [4.78, 5) is 22.8. The van der Waals surface area contributed by atoms with Crippen LogP contribution >= 0.6 is 0 Å². The van der Waals surface area contributed by atoms with E-state index in [4.69, 9.17) is 14.6 Å². The summed E-state index contributed by atoms with van der Waals surface area (Å²) < 4.78 is 9.92. The zero-order valence-electron chi connectivity index (χ0n) is 10.8. The molecular formula is C12H12N4O4. The minimum absolute atomic E-state index is 0.0805. The normalized spacial score (nSPS) is 9.90. The molecule has 0 aliphatic rings. The van der Waals surface area contributed by atoms with Gasteiger partial charge in [0.05, 0.1) is 19.9 Å². The molecule has 0 bridgehead atoms. The summed E-state index contributed by atoms with van der Waals surface area (Å²) in [6.45, 7) is 0. The lowest BCUT2D eigenvalue weighted by Gasteiger charge is -2.09. The number of carbonyl (C=O) groups is 1. The van der Waals surface area contributed by atoms with Gasteiger partial charge in [-0.05, 0) is 12.1 Å². The molecule has 1 aromatic carbocycles. The van der Waals surface area contributed by atoms with E-state index in [1.165, 1.54) is 14.2 Å². The number of nitrogens with zero attached hydrogens (tertiary/aromatic N) is 3. The first kappa shape index (κ1) is 13.5. The van der Waals surface area contributed by atoms with Crippen LogP contribution in [0.4, 0.5) is 10.5 Å². The Bertz CT molecular complexity index is 610. The van der Waals surface area contributed by atoms with E-state index in [0.717, 1.165) is 0 Å². The third-order valence-corrected chi connectivity index (χ3v) is 2.37. The Morgan fingerprint density at radius 2 is 1.70 bits per heavy atom. The van der Waals surface area contributed by atoms with Gasteiger partial charge in [-0.25, -0.2) is 4.79 Å². The Morgan fingerprint density at radius 3 is 2.25 bits per heavy atom. The largest absolute Gasteiger partial charge is 0.467 e. The summed E-state index contributed by atoms with van der Waals surface area (Å²) in [6, 6.07) is 6.88. The predicted molar refractivity (Wildman–Crippen MR) is 70.0 cm³/mol. The monoisotopic (exact) mass is 276 g/mol. The maximum absolute atomic E-state index is 10.8. The molecule has 0 spiro atoms. The highest BCUT2D eigenvalue weighted by Gasteiger charge is 2.13. The van der Waals surface area contributed by atoms with Gasteiger partial charge in [0.2, 0.25) is 0 Å². The lowest BCUT2D eigenvalue weighted by Crippen LogP contribution is -2.09. The first-order valence-corrected chi connectivity index (χ1v) is 5.57. The molecule has 0 radical (unpaired) electrons. The van der Waals surface area contributed by atoms with Crippen LogP contribution in [0, 0.1) is 0 Å². The molecule has 0 aliphatic heterocycles. The van der Waals surface area contributed by atoms with Crippen molar-refractivity contribution >= 4 is 11.8 Å². The molecule has 104 valence electrons. The summed E-state index contributed by atoms with van der Waals surface area (Å²) >= 11 is 0. The van der Waals surface area contributed by atoms with E-state index < -0.39 is 6.09 Å². The lowest BCUT2D eigenvalue weighted by atomic mass is 10.1. The molecule has 8 nitrogen and oxygen atoms in total. The first-order valence-electron chi connectivity index (χ1n) is 5.57. The maximum atomic E-state index is 10.8. The highest BCUT2D eigenvalue weighted by molar-refractivity contribution is 5.89. The molecule has 0 aliphatic carbocycles. The van der Waals surface area contributed by atoms with Crippen molar-refractivity contribution < 1.29 is 19.4 Å². The molecule has 1 aromatic heterocycles. The second-order valence-corrected chi connectivity index (χ2v) is 3.61.